The maximum atomic E-state index is 6.21. The van der Waals surface area contributed by atoms with Crippen LogP contribution in [-0.2, 0) is 5.54 Å². The Hall–Kier alpha value is -1.02. The highest BCUT2D eigenvalue weighted by Crippen LogP contribution is 2.36. The molecule has 1 rings (SSSR count). The van der Waals surface area contributed by atoms with Crippen LogP contribution >= 0.6 is 0 Å². The summed E-state index contributed by atoms with van der Waals surface area (Å²) in [5.74, 6) is 1.39. The number of benzene rings is 1. The van der Waals surface area contributed by atoms with E-state index in [1.165, 1.54) is 16.7 Å². The topological polar surface area (TPSA) is 35.2 Å². The third-order valence-corrected chi connectivity index (χ3v) is 2.87. The first kappa shape index (κ1) is 13.0. The minimum Gasteiger partial charge on any atom is -0.496 e. The second-order valence-electron chi connectivity index (χ2n) is 5.25. The van der Waals surface area contributed by atoms with Gasteiger partial charge in [-0.15, -0.1) is 0 Å². The Morgan fingerprint density at radius 3 is 2.19 bits per heavy atom. The van der Waals surface area contributed by atoms with Crippen LogP contribution in [0.1, 0.15) is 50.3 Å². The van der Waals surface area contributed by atoms with E-state index < -0.39 is 0 Å². The fourth-order valence-corrected chi connectivity index (χ4v) is 2.11. The number of aryl methyl sites for hydroxylation is 1. The summed E-state index contributed by atoms with van der Waals surface area (Å²) in [6.45, 7) is 10.5. The second kappa shape index (κ2) is 4.46. The quantitative estimate of drug-likeness (QED) is 0.849. The monoisotopic (exact) mass is 221 g/mol. The molecule has 2 heteroatoms. The average molecular weight is 221 g/mol. The molecule has 0 bridgehead atoms. The lowest BCUT2D eigenvalue weighted by Crippen LogP contribution is -2.30. The SMILES string of the molecule is COc1c(C)ccc(C(C)(C)N)c1C(C)C. The van der Waals surface area contributed by atoms with Crippen molar-refractivity contribution in [3.63, 3.8) is 0 Å². The van der Waals surface area contributed by atoms with Crippen molar-refractivity contribution < 1.29 is 4.74 Å². The second-order valence-corrected chi connectivity index (χ2v) is 5.25. The molecule has 0 aliphatic rings. The average Bonchev–Trinajstić information content (AvgIpc) is 2.14. The fraction of sp³-hybridized carbons (Fsp3) is 0.571. The van der Waals surface area contributed by atoms with E-state index in [0.717, 1.165) is 5.75 Å². The molecule has 0 aromatic heterocycles. The first-order valence-corrected chi connectivity index (χ1v) is 5.76. The first-order valence-electron chi connectivity index (χ1n) is 5.76. The van der Waals surface area contributed by atoms with Gasteiger partial charge in [-0.1, -0.05) is 26.0 Å². The van der Waals surface area contributed by atoms with Crippen LogP contribution in [0.2, 0.25) is 0 Å². The molecule has 16 heavy (non-hydrogen) atoms. The summed E-state index contributed by atoms with van der Waals surface area (Å²) >= 11 is 0. The van der Waals surface area contributed by atoms with Gasteiger partial charge in [-0.3, -0.25) is 0 Å². The van der Waals surface area contributed by atoms with Crippen molar-refractivity contribution >= 4 is 0 Å². The van der Waals surface area contributed by atoms with E-state index in [4.69, 9.17) is 10.5 Å². The van der Waals surface area contributed by atoms with Crippen LogP contribution < -0.4 is 10.5 Å². The summed E-state index contributed by atoms with van der Waals surface area (Å²) in [6, 6.07) is 4.20. The zero-order valence-corrected chi connectivity index (χ0v) is 11.2. The number of ether oxygens (including phenoxy) is 1. The van der Waals surface area contributed by atoms with Crippen molar-refractivity contribution in [3.8, 4) is 5.75 Å². The summed E-state index contributed by atoms with van der Waals surface area (Å²) in [5.41, 5.74) is 9.45. The lowest BCUT2D eigenvalue weighted by molar-refractivity contribution is 0.400. The van der Waals surface area contributed by atoms with Crippen LogP contribution in [0.25, 0.3) is 0 Å². The molecule has 0 aliphatic carbocycles. The lowest BCUT2D eigenvalue weighted by Gasteiger charge is -2.27. The maximum absolute atomic E-state index is 6.21. The predicted molar refractivity (Wildman–Crippen MR) is 69.0 cm³/mol. The highest BCUT2D eigenvalue weighted by Gasteiger charge is 2.23. The van der Waals surface area contributed by atoms with E-state index in [1.54, 1.807) is 7.11 Å². The minimum atomic E-state index is -0.333. The summed E-state index contributed by atoms with van der Waals surface area (Å²) < 4.78 is 5.52. The number of methoxy groups -OCH3 is 1. The van der Waals surface area contributed by atoms with E-state index in [1.807, 2.05) is 13.8 Å². The molecule has 2 N–H and O–H groups in total. The maximum Gasteiger partial charge on any atom is 0.125 e. The third kappa shape index (κ3) is 2.38. The zero-order valence-electron chi connectivity index (χ0n) is 11.2. The van der Waals surface area contributed by atoms with E-state index in [0.29, 0.717) is 5.92 Å². The molecule has 90 valence electrons. The van der Waals surface area contributed by atoms with Crippen LogP contribution in [-0.4, -0.2) is 7.11 Å². The number of hydrogen-bond acceptors (Lipinski definition) is 2. The van der Waals surface area contributed by atoms with Crippen molar-refractivity contribution in [1.82, 2.24) is 0 Å². The van der Waals surface area contributed by atoms with Crippen molar-refractivity contribution in [1.29, 1.82) is 0 Å². The molecular formula is C14H23NO. The van der Waals surface area contributed by atoms with E-state index in [-0.39, 0.29) is 5.54 Å². The van der Waals surface area contributed by atoms with Gasteiger partial charge in [0.15, 0.2) is 0 Å². The van der Waals surface area contributed by atoms with Gasteiger partial charge < -0.3 is 10.5 Å². The minimum absolute atomic E-state index is 0.333. The van der Waals surface area contributed by atoms with Crippen LogP contribution in [0, 0.1) is 6.92 Å². The Balaban J connectivity index is 3.52. The molecule has 1 aromatic rings. The molecule has 1 aromatic carbocycles. The number of nitrogens with two attached hydrogens (primary N) is 1. The largest absolute Gasteiger partial charge is 0.496 e. The lowest BCUT2D eigenvalue weighted by atomic mass is 9.84. The molecule has 0 heterocycles. The molecule has 0 spiro atoms. The van der Waals surface area contributed by atoms with Crippen LogP contribution in [0.3, 0.4) is 0 Å². The summed E-state index contributed by atoms with van der Waals surface area (Å²) in [7, 11) is 1.72. The molecular weight excluding hydrogens is 198 g/mol. The molecule has 0 unspecified atom stereocenters. The van der Waals surface area contributed by atoms with Crippen LogP contribution in [0.5, 0.6) is 5.75 Å². The van der Waals surface area contributed by atoms with Gasteiger partial charge in [-0.05, 0) is 37.8 Å². The molecule has 0 saturated carbocycles. The third-order valence-electron chi connectivity index (χ3n) is 2.87. The Morgan fingerprint density at radius 1 is 1.25 bits per heavy atom. The van der Waals surface area contributed by atoms with Gasteiger partial charge >= 0.3 is 0 Å². The summed E-state index contributed by atoms with van der Waals surface area (Å²) in [6.07, 6.45) is 0. The van der Waals surface area contributed by atoms with Crippen LogP contribution in [0.15, 0.2) is 12.1 Å². The number of hydrogen-bond donors (Lipinski definition) is 1. The van der Waals surface area contributed by atoms with Gasteiger partial charge in [0.05, 0.1) is 7.11 Å². The van der Waals surface area contributed by atoms with Crippen LogP contribution in [0.4, 0.5) is 0 Å². The van der Waals surface area contributed by atoms with Gasteiger partial charge in [0, 0.05) is 11.1 Å². The molecule has 0 amide bonds. The van der Waals surface area contributed by atoms with E-state index >= 15 is 0 Å². The van der Waals surface area contributed by atoms with Gasteiger partial charge in [0.25, 0.3) is 0 Å². The molecule has 0 radical (unpaired) electrons. The molecule has 0 atom stereocenters. The van der Waals surface area contributed by atoms with E-state index in [2.05, 4.69) is 32.9 Å². The normalized spacial score (nSPS) is 12.0. The molecule has 0 fully saturated rings. The van der Waals surface area contributed by atoms with Gasteiger partial charge in [0.2, 0.25) is 0 Å². The Morgan fingerprint density at radius 2 is 1.81 bits per heavy atom. The molecule has 2 nitrogen and oxygen atoms in total. The van der Waals surface area contributed by atoms with Crippen molar-refractivity contribution in [2.45, 2.75) is 46.1 Å². The zero-order chi connectivity index (χ0) is 12.5. The Labute approximate surface area is 98.8 Å². The fourth-order valence-electron chi connectivity index (χ4n) is 2.11. The Kier molecular flexibility index (Phi) is 3.64. The van der Waals surface area contributed by atoms with Crippen molar-refractivity contribution in [2.24, 2.45) is 5.73 Å². The molecule has 0 aliphatic heterocycles. The van der Waals surface area contributed by atoms with E-state index in [9.17, 15) is 0 Å². The highest BCUT2D eigenvalue weighted by atomic mass is 16.5. The first-order chi connectivity index (χ1) is 7.29. The standard InChI is InChI=1S/C14H23NO/c1-9(2)12-11(14(4,5)15)8-7-10(3)13(12)16-6/h7-9H,15H2,1-6H3. The number of rotatable bonds is 3. The summed E-state index contributed by atoms with van der Waals surface area (Å²) in [5, 5.41) is 0. The highest BCUT2D eigenvalue weighted by molar-refractivity contribution is 5.49. The summed E-state index contributed by atoms with van der Waals surface area (Å²) in [4.78, 5) is 0. The van der Waals surface area contributed by atoms with Gasteiger partial charge in [0.1, 0.15) is 5.75 Å². The molecule has 0 saturated heterocycles. The van der Waals surface area contributed by atoms with Crippen molar-refractivity contribution in [2.75, 3.05) is 7.11 Å². The van der Waals surface area contributed by atoms with Gasteiger partial charge in [-0.2, -0.15) is 0 Å². The smallest absolute Gasteiger partial charge is 0.125 e. The van der Waals surface area contributed by atoms with Crippen molar-refractivity contribution in [3.05, 3.63) is 28.8 Å². The van der Waals surface area contributed by atoms with Gasteiger partial charge in [-0.25, -0.2) is 0 Å². The Bertz CT molecular complexity index is 375. The predicted octanol–water partition coefficient (Wildman–Crippen LogP) is 3.32.